The molecule has 0 spiro atoms. The number of carbonyl (C=O) groups is 1. The number of halogens is 2. The van der Waals surface area contributed by atoms with E-state index in [0.29, 0.717) is 11.8 Å². The van der Waals surface area contributed by atoms with Gasteiger partial charge < -0.3 is 15.4 Å². The molecule has 5 nitrogen and oxygen atoms in total. The summed E-state index contributed by atoms with van der Waals surface area (Å²) in [5, 5.41) is 0. The first-order valence-electron chi connectivity index (χ1n) is 8.57. The van der Waals surface area contributed by atoms with Gasteiger partial charge in [-0.25, -0.2) is 0 Å². The van der Waals surface area contributed by atoms with Crippen LogP contribution in [0.5, 0.6) is 0 Å². The van der Waals surface area contributed by atoms with Crippen LogP contribution in [0.2, 0.25) is 0 Å². The van der Waals surface area contributed by atoms with Crippen molar-refractivity contribution in [3.63, 3.8) is 0 Å². The molecule has 136 valence electrons. The Kier molecular flexibility index (Phi) is 9.16. The smallest absolute Gasteiger partial charge is 0.225 e. The van der Waals surface area contributed by atoms with Crippen molar-refractivity contribution in [1.82, 2.24) is 9.80 Å². The molecule has 3 rings (SSSR count). The zero-order chi connectivity index (χ0) is 14.7. The Morgan fingerprint density at radius 2 is 1.83 bits per heavy atom. The summed E-state index contributed by atoms with van der Waals surface area (Å²) < 4.78 is 5.41. The number of morpholine rings is 1. The molecule has 2 heterocycles. The fourth-order valence-electron chi connectivity index (χ4n) is 4.06. The molecule has 3 aliphatic rings. The van der Waals surface area contributed by atoms with E-state index in [1.165, 1.54) is 6.42 Å². The molecule has 1 aliphatic carbocycles. The van der Waals surface area contributed by atoms with Crippen molar-refractivity contribution in [1.29, 1.82) is 0 Å². The minimum Gasteiger partial charge on any atom is -0.379 e. The number of ether oxygens (including phenoxy) is 1. The lowest BCUT2D eigenvalue weighted by atomic mass is 9.95. The first kappa shape index (κ1) is 21.0. The van der Waals surface area contributed by atoms with E-state index < -0.39 is 0 Å². The van der Waals surface area contributed by atoms with Gasteiger partial charge in [0.25, 0.3) is 0 Å². The molecule has 2 saturated heterocycles. The van der Waals surface area contributed by atoms with E-state index in [0.717, 1.165) is 71.6 Å². The number of nitrogens with two attached hydrogens (primary N) is 1. The van der Waals surface area contributed by atoms with Gasteiger partial charge in [-0.2, -0.15) is 0 Å². The lowest BCUT2D eigenvalue weighted by molar-refractivity contribution is -0.137. The van der Waals surface area contributed by atoms with Gasteiger partial charge in [-0.15, -0.1) is 24.8 Å². The van der Waals surface area contributed by atoms with E-state index in [4.69, 9.17) is 10.5 Å². The summed E-state index contributed by atoms with van der Waals surface area (Å²) in [5.41, 5.74) is 5.95. The Labute approximate surface area is 152 Å². The maximum absolute atomic E-state index is 12.6. The van der Waals surface area contributed by atoms with Crippen LogP contribution in [-0.2, 0) is 9.53 Å². The third-order valence-corrected chi connectivity index (χ3v) is 5.27. The predicted molar refractivity (Wildman–Crippen MR) is 96.4 cm³/mol. The zero-order valence-corrected chi connectivity index (χ0v) is 15.5. The first-order chi connectivity index (χ1) is 10.2. The number of hydrogen-bond acceptors (Lipinski definition) is 4. The summed E-state index contributed by atoms with van der Waals surface area (Å²) in [6.07, 6.45) is 5.31. The first-order valence-corrected chi connectivity index (χ1v) is 8.57. The van der Waals surface area contributed by atoms with Crippen LogP contribution in [0.3, 0.4) is 0 Å². The molecule has 0 aromatic heterocycles. The molecule has 0 bridgehead atoms. The second kappa shape index (κ2) is 10.0. The van der Waals surface area contributed by atoms with E-state index in [-0.39, 0.29) is 36.8 Å². The Balaban J connectivity index is 0.00000132. The molecule has 3 atom stereocenters. The molecule has 3 unspecified atom stereocenters. The minimum absolute atomic E-state index is 0. The van der Waals surface area contributed by atoms with Crippen molar-refractivity contribution in [2.45, 2.75) is 38.1 Å². The molecule has 1 amide bonds. The number of amides is 1. The number of carbonyl (C=O) groups excluding carboxylic acids is 1. The molecule has 7 heteroatoms. The van der Waals surface area contributed by atoms with E-state index in [1.807, 2.05) is 0 Å². The van der Waals surface area contributed by atoms with Crippen LogP contribution in [0.1, 0.15) is 32.1 Å². The van der Waals surface area contributed by atoms with E-state index in [1.54, 1.807) is 0 Å². The standard InChI is InChI=1S/C16H29N3O2.2ClH/c17-15-4-3-14(10-15)16(20)19-5-1-2-13(12-19)11-18-6-8-21-9-7-18;;/h13-15H,1-12,17H2;2*1H. The van der Waals surface area contributed by atoms with Gasteiger partial charge in [-0.3, -0.25) is 9.69 Å². The van der Waals surface area contributed by atoms with Gasteiger partial charge >= 0.3 is 0 Å². The summed E-state index contributed by atoms with van der Waals surface area (Å²) in [6.45, 7) is 6.82. The Hall–Kier alpha value is -0.0700. The second-order valence-electron chi connectivity index (χ2n) is 6.98. The van der Waals surface area contributed by atoms with Gasteiger partial charge in [-0.1, -0.05) is 0 Å². The van der Waals surface area contributed by atoms with Crippen LogP contribution in [0.25, 0.3) is 0 Å². The molecule has 3 fully saturated rings. The number of nitrogens with zero attached hydrogens (tertiary/aromatic N) is 2. The lowest BCUT2D eigenvalue weighted by Crippen LogP contribution is -2.47. The highest BCUT2D eigenvalue weighted by Crippen LogP contribution is 2.28. The highest BCUT2D eigenvalue weighted by molar-refractivity contribution is 5.85. The Morgan fingerprint density at radius 3 is 2.48 bits per heavy atom. The van der Waals surface area contributed by atoms with Crippen molar-refractivity contribution >= 4 is 30.7 Å². The summed E-state index contributed by atoms with van der Waals surface area (Å²) in [6, 6.07) is 0.243. The van der Waals surface area contributed by atoms with Gasteiger partial charge in [0.05, 0.1) is 13.2 Å². The van der Waals surface area contributed by atoms with Crippen LogP contribution < -0.4 is 5.73 Å². The fourth-order valence-corrected chi connectivity index (χ4v) is 4.06. The van der Waals surface area contributed by atoms with Crippen LogP contribution >= 0.6 is 24.8 Å². The highest BCUT2D eigenvalue weighted by atomic mass is 35.5. The molecule has 23 heavy (non-hydrogen) atoms. The molecule has 0 aromatic carbocycles. The van der Waals surface area contributed by atoms with Crippen LogP contribution in [0.15, 0.2) is 0 Å². The van der Waals surface area contributed by atoms with Gasteiger partial charge in [-0.05, 0) is 38.0 Å². The number of hydrogen-bond donors (Lipinski definition) is 1. The Morgan fingerprint density at radius 1 is 1.09 bits per heavy atom. The van der Waals surface area contributed by atoms with Crippen molar-refractivity contribution in [3.05, 3.63) is 0 Å². The van der Waals surface area contributed by atoms with Crippen LogP contribution in [-0.4, -0.2) is 67.7 Å². The SMILES string of the molecule is Cl.Cl.NC1CCC(C(=O)N2CCCC(CN3CCOCC3)C2)C1. The third-order valence-electron chi connectivity index (χ3n) is 5.27. The van der Waals surface area contributed by atoms with Crippen molar-refractivity contribution in [2.75, 3.05) is 45.9 Å². The summed E-state index contributed by atoms with van der Waals surface area (Å²) in [7, 11) is 0. The van der Waals surface area contributed by atoms with Crippen LogP contribution in [0.4, 0.5) is 0 Å². The fraction of sp³-hybridized carbons (Fsp3) is 0.938. The number of likely N-dealkylation sites (tertiary alicyclic amines) is 1. The maximum Gasteiger partial charge on any atom is 0.225 e. The number of piperidine rings is 1. The predicted octanol–water partition coefficient (Wildman–Crippen LogP) is 1.53. The zero-order valence-electron chi connectivity index (χ0n) is 13.8. The van der Waals surface area contributed by atoms with E-state index >= 15 is 0 Å². The van der Waals surface area contributed by atoms with Crippen molar-refractivity contribution < 1.29 is 9.53 Å². The monoisotopic (exact) mass is 367 g/mol. The van der Waals surface area contributed by atoms with E-state index in [2.05, 4.69) is 9.80 Å². The number of rotatable bonds is 3. The van der Waals surface area contributed by atoms with E-state index in [9.17, 15) is 4.79 Å². The molecule has 2 N–H and O–H groups in total. The summed E-state index contributed by atoms with van der Waals surface area (Å²) in [5.74, 6) is 1.20. The highest BCUT2D eigenvalue weighted by Gasteiger charge is 2.33. The van der Waals surface area contributed by atoms with Crippen LogP contribution in [0, 0.1) is 11.8 Å². The van der Waals surface area contributed by atoms with Gasteiger partial charge in [0.2, 0.25) is 5.91 Å². The summed E-state index contributed by atoms with van der Waals surface area (Å²) >= 11 is 0. The molecule has 0 radical (unpaired) electrons. The molecule has 1 saturated carbocycles. The lowest BCUT2D eigenvalue weighted by Gasteiger charge is -2.37. The van der Waals surface area contributed by atoms with Gasteiger partial charge in [0.1, 0.15) is 0 Å². The topological polar surface area (TPSA) is 58.8 Å². The minimum atomic E-state index is 0. The van der Waals surface area contributed by atoms with Gasteiger partial charge in [0, 0.05) is 44.7 Å². The molecular weight excluding hydrogens is 337 g/mol. The van der Waals surface area contributed by atoms with Gasteiger partial charge in [0.15, 0.2) is 0 Å². The molecular formula is C16H31Cl2N3O2. The second-order valence-corrected chi connectivity index (χ2v) is 6.98. The van der Waals surface area contributed by atoms with Crippen molar-refractivity contribution in [3.8, 4) is 0 Å². The Bertz CT molecular complexity index is 367. The normalized spacial score (nSPS) is 32.0. The summed E-state index contributed by atoms with van der Waals surface area (Å²) in [4.78, 5) is 17.2. The van der Waals surface area contributed by atoms with Crippen molar-refractivity contribution in [2.24, 2.45) is 17.6 Å². The largest absolute Gasteiger partial charge is 0.379 e. The maximum atomic E-state index is 12.6. The molecule has 0 aromatic rings. The average molecular weight is 368 g/mol. The third kappa shape index (κ3) is 5.75. The quantitative estimate of drug-likeness (QED) is 0.821. The average Bonchev–Trinajstić information content (AvgIpc) is 2.94. The molecule has 2 aliphatic heterocycles.